The molecule has 1 N–H and O–H groups in total. The molecule has 1 amide bonds. The smallest absolute Gasteiger partial charge is 0.241 e. The van der Waals surface area contributed by atoms with Crippen LogP contribution in [0.4, 0.5) is 5.13 Å². The van der Waals surface area contributed by atoms with E-state index in [9.17, 15) is 13.2 Å². The van der Waals surface area contributed by atoms with Crippen LogP contribution in [0.1, 0.15) is 5.01 Å². The summed E-state index contributed by atoms with van der Waals surface area (Å²) in [4.78, 5) is 12.1. The summed E-state index contributed by atoms with van der Waals surface area (Å²) < 4.78 is 29.9. The Morgan fingerprint density at radius 2 is 1.78 bits per heavy atom. The molecule has 0 atom stereocenters. The third-order valence-corrected chi connectivity index (χ3v) is 6.01. The van der Waals surface area contributed by atoms with E-state index in [1.54, 1.807) is 42.5 Å². The van der Waals surface area contributed by atoms with Crippen molar-refractivity contribution in [2.45, 2.75) is 11.5 Å². The number of carbonyl (C=O) groups is 1. The molecule has 140 valence electrons. The van der Waals surface area contributed by atoms with Crippen LogP contribution in [0.25, 0.3) is 0 Å². The highest BCUT2D eigenvalue weighted by atomic mass is 35.5. The highest BCUT2D eigenvalue weighted by Gasteiger charge is 2.20. The maximum Gasteiger partial charge on any atom is 0.241 e. The van der Waals surface area contributed by atoms with Gasteiger partial charge in [0.25, 0.3) is 0 Å². The van der Waals surface area contributed by atoms with Crippen LogP contribution < -0.4 is 10.1 Å². The second-order valence-corrected chi connectivity index (χ2v) is 8.85. The number of nitrogens with zero attached hydrogens (tertiary/aromatic N) is 2. The second kappa shape index (κ2) is 8.47. The van der Waals surface area contributed by atoms with Crippen molar-refractivity contribution in [2.24, 2.45) is 0 Å². The normalized spacial score (nSPS) is 11.1. The average Bonchev–Trinajstić information content (AvgIpc) is 3.09. The Labute approximate surface area is 164 Å². The van der Waals surface area contributed by atoms with Gasteiger partial charge in [-0.1, -0.05) is 41.1 Å². The molecule has 0 saturated carbocycles. The SMILES string of the molecule is O=C(CS(=O)(=O)c1ccccc1)Nc1nnc(COc2ccc(Cl)cc2)s1. The number of halogens is 1. The summed E-state index contributed by atoms with van der Waals surface area (Å²) in [6.07, 6.45) is 0. The van der Waals surface area contributed by atoms with Gasteiger partial charge in [-0.3, -0.25) is 10.1 Å². The van der Waals surface area contributed by atoms with Crippen molar-refractivity contribution < 1.29 is 17.9 Å². The Bertz CT molecular complexity index is 1020. The molecule has 1 aromatic heterocycles. The van der Waals surface area contributed by atoms with Crippen LogP contribution in [-0.2, 0) is 21.2 Å². The van der Waals surface area contributed by atoms with Gasteiger partial charge in [-0.25, -0.2) is 8.42 Å². The molecular weight excluding hydrogens is 410 g/mol. The van der Waals surface area contributed by atoms with Crippen molar-refractivity contribution in [3.63, 3.8) is 0 Å². The molecule has 0 aliphatic rings. The number of hydrogen-bond donors (Lipinski definition) is 1. The lowest BCUT2D eigenvalue weighted by Gasteiger charge is -2.04. The Morgan fingerprint density at radius 1 is 1.07 bits per heavy atom. The third-order valence-electron chi connectivity index (χ3n) is 3.31. The Balaban J connectivity index is 1.55. The molecule has 0 aliphatic heterocycles. The molecule has 0 saturated heterocycles. The number of anilines is 1. The van der Waals surface area contributed by atoms with E-state index in [0.717, 1.165) is 11.3 Å². The number of aromatic nitrogens is 2. The number of ether oxygens (including phenoxy) is 1. The summed E-state index contributed by atoms with van der Waals surface area (Å²) in [5, 5.41) is 11.5. The van der Waals surface area contributed by atoms with E-state index in [2.05, 4.69) is 15.5 Å². The van der Waals surface area contributed by atoms with Crippen molar-refractivity contribution in [3.8, 4) is 5.75 Å². The predicted octanol–water partition coefficient (Wildman–Crippen LogP) is 3.18. The van der Waals surface area contributed by atoms with Gasteiger partial charge in [0.2, 0.25) is 11.0 Å². The number of rotatable bonds is 7. The zero-order chi connectivity index (χ0) is 19.3. The van der Waals surface area contributed by atoms with E-state index in [0.29, 0.717) is 15.8 Å². The summed E-state index contributed by atoms with van der Waals surface area (Å²) in [7, 11) is -3.71. The Morgan fingerprint density at radius 3 is 2.48 bits per heavy atom. The fourth-order valence-corrected chi connectivity index (χ4v) is 4.03. The molecule has 0 unspecified atom stereocenters. The van der Waals surface area contributed by atoms with Gasteiger partial charge in [-0.05, 0) is 36.4 Å². The fraction of sp³-hybridized carbons (Fsp3) is 0.118. The first-order valence-corrected chi connectivity index (χ1v) is 10.6. The van der Waals surface area contributed by atoms with E-state index >= 15 is 0 Å². The van der Waals surface area contributed by atoms with Gasteiger partial charge < -0.3 is 4.74 Å². The second-order valence-electron chi connectivity index (χ2n) is 5.36. The summed E-state index contributed by atoms with van der Waals surface area (Å²) >= 11 is 6.91. The van der Waals surface area contributed by atoms with Gasteiger partial charge in [0.15, 0.2) is 14.8 Å². The maximum absolute atomic E-state index is 12.2. The highest BCUT2D eigenvalue weighted by molar-refractivity contribution is 7.92. The Hall–Kier alpha value is -2.49. The summed E-state index contributed by atoms with van der Waals surface area (Å²) in [6, 6.07) is 14.6. The third kappa shape index (κ3) is 5.49. The van der Waals surface area contributed by atoms with Gasteiger partial charge >= 0.3 is 0 Å². The van der Waals surface area contributed by atoms with E-state index < -0.39 is 21.5 Å². The maximum atomic E-state index is 12.2. The van der Waals surface area contributed by atoms with Gasteiger partial charge in [-0.2, -0.15) is 0 Å². The zero-order valence-electron chi connectivity index (χ0n) is 13.8. The molecule has 7 nitrogen and oxygen atoms in total. The Kier molecular flexibility index (Phi) is 6.04. The zero-order valence-corrected chi connectivity index (χ0v) is 16.2. The van der Waals surface area contributed by atoms with Crippen LogP contribution in [0.15, 0.2) is 59.5 Å². The molecule has 3 rings (SSSR count). The van der Waals surface area contributed by atoms with Crippen LogP contribution in [0.5, 0.6) is 5.75 Å². The molecule has 0 radical (unpaired) electrons. The number of amides is 1. The fourth-order valence-electron chi connectivity index (χ4n) is 2.08. The number of hydrogen-bond acceptors (Lipinski definition) is 7. The highest BCUT2D eigenvalue weighted by Crippen LogP contribution is 2.20. The predicted molar refractivity (Wildman–Crippen MR) is 103 cm³/mol. The lowest BCUT2D eigenvalue weighted by Crippen LogP contribution is -2.22. The minimum absolute atomic E-state index is 0.0921. The molecule has 0 aliphatic carbocycles. The van der Waals surface area contributed by atoms with Crippen LogP contribution in [0.3, 0.4) is 0 Å². The quantitative estimate of drug-likeness (QED) is 0.626. The molecular formula is C17H14ClN3O4S2. The molecule has 27 heavy (non-hydrogen) atoms. The topological polar surface area (TPSA) is 98.2 Å². The first kappa shape index (κ1) is 19.3. The molecule has 2 aromatic carbocycles. The molecule has 0 spiro atoms. The van der Waals surface area contributed by atoms with Gasteiger partial charge in [0.05, 0.1) is 4.90 Å². The van der Waals surface area contributed by atoms with Crippen molar-refractivity contribution >= 4 is 43.8 Å². The largest absolute Gasteiger partial charge is 0.486 e. The minimum atomic E-state index is -3.71. The standard InChI is InChI=1S/C17H14ClN3O4S2/c18-12-6-8-13(9-7-12)25-10-16-20-21-17(26-16)19-15(22)11-27(23,24)14-4-2-1-3-5-14/h1-9H,10-11H2,(H,19,21,22). The average molecular weight is 424 g/mol. The van der Waals surface area contributed by atoms with Crippen LogP contribution >= 0.6 is 22.9 Å². The first-order valence-electron chi connectivity index (χ1n) is 7.71. The summed E-state index contributed by atoms with van der Waals surface area (Å²) in [5.41, 5.74) is 0. The summed E-state index contributed by atoms with van der Waals surface area (Å²) in [5.74, 6) is -0.734. The monoisotopic (exact) mass is 423 g/mol. The molecule has 0 fully saturated rings. The van der Waals surface area contributed by atoms with E-state index in [1.165, 1.54) is 12.1 Å². The van der Waals surface area contributed by atoms with Crippen LogP contribution in [-0.4, -0.2) is 30.3 Å². The molecule has 1 heterocycles. The number of nitrogens with one attached hydrogen (secondary N) is 1. The number of sulfone groups is 1. The number of benzene rings is 2. The van der Waals surface area contributed by atoms with Gasteiger partial charge in [-0.15, -0.1) is 10.2 Å². The van der Waals surface area contributed by atoms with Gasteiger partial charge in [0, 0.05) is 5.02 Å². The number of carbonyl (C=O) groups excluding carboxylic acids is 1. The first-order chi connectivity index (χ1) is 12.9. The molecule has 3 aromatic rings. The minimum Gasteiger partial charge on any atom is -0.486 e. The van der Waals surface area contributed by atoms with Gasteiger partial charge in [0.1, 0.15) is 18.1 Å². The lowest BCUT2D eigenvalue weighted by molar-refractivity contribution is -0.113. The van der Waals surface area contributed by atoms with E-state index in [-0.39, 0.29) is 16.6 Å². The molecule has 0 bridgehead atoms. The van der Waals surface area contributed by atoms with Crippen molar-refractivity contribution in [2.75, 3.05) is 11.1 Å². The van der Waals surface area contributed by atoms with E-state index in [4.69, 9.17) is 16.3 Å². The van der Waals surface area contributed by atoms with Crippen molar-refractivity contribution in [1.82, 2.24) is 10.2 Å². The van der Waals surface area contributed by atoms with Crippen molar-refractivity contribution in [1.29, 1.82) is 0 Å². The van der Waals surface area contributed by atoms with Crippen LogP contribution in [0, 0.1) is 0 Å². The molecule has 10 heteroatoms. The lowest BCUT2D eigenvalue weighted by atomic mass is 10.3. The summed E-state index contributed by atoms with van der Waals surface area (Å²) in [6.45, 7) is 0.164. The van der Waals surface area contributed by atoms with E-state index in [1.807, 2.05) is 0 Å². The van der Waals surface area contributed by atoms with Crippen molar-refractivity contribution in [3.05, 3.63) is 64.6 Å². The van der Waals surface area contributed by atoms with Crippen LogP contribution in [0.2, 0.25) is 5.02 Å².